The number of thiophene rings is 1. The molecule has 210 valence electrons. The van der Waals surface area contributed by atoms with Crippen LogP contribution in [0.1, 0.15) is 24.3 Å². The first-order chi connectivity index (χ1) is 19.0. The van der Waals surface area contributed by atoms with Crippen LogP contribution in [0, 0.1) is 6.92 Å². The molecule has 0 radical (unpaired) electrons. The third-order valence-electron chi connectivity index (χ3n) is 5.43. The molecule has 0 saturated heterocycles. The maximum absolute atomic E-state index is 12.6. The molecule has 2 aromatic carbocycles. The number of alkyl halides is 3. The first-order valence-corrected chi connectivity index (χ1v) is 13.0. The van der Waals surface area contributed by atoms with Gasteiger partial charge in [-0.05, 0) is 74.4 Å². The Morgan fingerprint density at radius 3 is 2.30 bits per heavy atom. The van der Waals surface area contributed by atoms with Crippen LogP contribution < -0.4 is 18.9 Å². The zero-order chi connectivity index (χ0) is 28.9. The smallest absolute Gasteiger partial charge is 0.491 e. The third-order valence-corrected chi connectivity index (χ3v) is 6.59. The van der Waals surface area contributed by atoms with E-state index in [1.165, 1.54) is 29.7 Å². The number of aryl methyl sites for hydroxylation is 1. The lowest BCUT2D eigenvalue weighted by atomic mass is 10.0. The molecule has 0 aliphatic rings. The summed E-state index contributed by atoms with van der Waals surface area (Å²) in [6, 6.07) is 17.3. The van der Waals surface area contributed by atoms with Crippen LogP contribution in [0.3, 0.4) is 0 Å². The van der Waals surface area contributed by atoms with Crippen LogP contribution in [0.5, 0.6) is 23.1 Å². The van der Waals surface area contributed by atoms with Gasteiger partial charge < -0.3 is 24.1 Å². The predicted molar refractivity (Wildman–Crippen MR) is 144 cm³/mol. The number of benzene rings is 2. The monoisotopic (exact) mass is 573 g/mol. The molecule has 40 heavy (non-hydrogen) atoms. The Hall–Kier alpha value is -4.25. The molecule has 1 N–H and O–H groups in total. The van der Waals surface area contributed by atoms with Crippen molar-refractivity contribution < 1.29 is 42.0 Å². The number of rotatable bonds is 11. The van der Waals surface area contributed by atoms with Crippen molar-refractivity contribution in [3.05, 3.63) is 77.3 Å². The van der Waals surface area contributed by atoms with Gasteiger partial charge >= 0.3 is 12.3 Å². The minimum Gasteiger partial charge on any atom is -0.491 e. The van der Waals surface area contributed by atoms with Crippen molar-refractivity contribution >= 4 is 17.3 Å². The number of nitrogens with zero attached hydrogens (tertiary/aromatic N) is 1. The standard InChI is InChI=1S/C29H26F3NO6S/c1-17(2)38-21-9-5-19(6-10-21)28-24(20-7-11-26(33-14-20)39-29(30,31)32)13-23(40-28)15-36-22-8-4-18(3)25(12-22)37-16-27(34)35/h4-14,17H,15-16H2,1-3H3,(H,34,35). The molecule has 0 spiro atoms. The quantitative estimate of drug-likeness (QED) is 0.199. The van der Waals surface area contributed by atoms with Crippen molar-refractivity contribution in [1.29, 1.82) is 0 Å². The van der Waals surface area contributed by atoms with Gasteiger partial charge in [0.1, 0.15) is 23.9 Å². The molecule has 0 saturated carbocycles. The first-order valence-electron chi connectivity index (χ1n) is 12.2. The van der Waals surface area contributed by atoms with Gasteiger partial charge in [0.15, 0.2) is 6.61 Å². The maximum atomic E-state index is 12.6. The highest BCUT2D eigenvalue weighted by Gasteiger charge is 2.31. The molecule has 0 aliphatic carbocycles. The predicted octanol–water partition coefficient (Wildman–Crippen LogP) is 7.51. The second-order valence-corrected chi connectivity index (χ2v) is 10.1. The van der Waals surface area contributed by atoms with Gasteiger partial charge in [-0.1, -0.05) is 6.07 Å². The molecule has 0 aliphatic heterocycles. The van der Waals surface area contributed by atoms with E-state index in [2.05, 4.69) is 9.72 Å². The fourth-order valence-corrected chi connectivity index (χ4v) is 4.83. The third kappa shape index (κ3) is 7.89. The highest BCUT2D eigenvalue weighted by Crippen LogP contribution is 2.41. The molecule has 4 aromatic rings. The molecule has 0 fully saturated rings. The number of hydrogen-bond acceptors (Lipinski definition) is 7. The average molecular weight is 574 g/mol. The minimum atomic E-state index is -4.83. The molecule has 7 nitrogen and oxygen atoms in total. The number of carboxylic acids is 1. The Balaban J connectivity index is 1.61. The molecule has 2 aromatic heterocycles. The van der Waals surface area contributed by atoms with Crippen LogP contribution in [-0.4, -0.2) is 35.1 Å². The van der Waals surface area contributed by atoms with E-state index in [1.54, 1.807) is 25.1 Å². The van der Waals surface area contributed by atoms with Crippen molar-refractivity contribution in [2.24, 2.45) is 0 Å². The number of pyridine rings is 1. The van der Waals surface area contributed by atoms with Gasteiger partial charge in [0.2, 0.25) is 5.88 Å². The van der Waals surface area contributed by atoms with Gasteiger partial charge in [0, 0.05) is 39.2 Å². The first kappa shape index (κ1) is 28.8. The Bertz CT molecular complexity index is 1450. The topological polar surface area (TPSA) is 87.1 Å². The van der Waals surface area contributed by atoms with Gasteiger partial charge in [-0.2, -0.15) is 0 Å². The lowest BCUT2D eigenvalue weighted by Gasteiger charge is -2.11. The van der Waals surface area contributed by atoms with E-state index in [-0.39, 0.29) is 12.7 Å². The summed E-state index contributed by atoms with van der Waals surface area (Å²) in [4.78, 5) is 16.4. The zero-order valence-corrected chi connectivity index (χ0v) is 22.6. The molecule has 2 heterocycles. The van der Waals surface area contributed by atoms with Gasteiger partial charge in [-0.3, -0.25) is 0 Å². The van der Waals surface area contributed by atoms with Crippen molar-refractivity contribution in [2.45, 2.75) is 39.8 Å². The van der Waals surface area contributed by atoms with Crippen LogP contribution in [-0.2, 0) is 11.4 Å². The SMILES string of the molecule is Cc1ccc(OCc2cc(-c3ccc(OC(F)(F)F)nc3)c(-c3ccc(OC(C)C)cc3)s2)cc1OCC(=O)O. The fraction of sp³-hybridized carbons (Fsp3) is 0.241. The van der Waals surface area contributed by atoms with Crippen LogP contribution in [0.2, 0.25) is 0 Å². The summed E-state index contributed by atoms with van der Waals surface area (Å²) in [7, 11) is 0. The van der Waals surface area contributed by atoms with Crippen molar-refractivity contribution in [1.82, 2.24) is 4.98 Å². The molecule has 4 rings (SSSR count). The molecular weight excluding hydrogens is 547 g/mol. The second-order valence-electron chi connectivity index (χ2n) is 8.98. The van der Waals surface area contributed by atoms with Gasteiger partial charge in [-0.15, -0.1) is 24.5 Å². The Morgan fingerprint density at radius 2 is 1.68 bits per heavy atom. The maximum Gasteiger partial charge on any atom is 0.574 e. The largest absolute Gasteiger partial charge is 0.574 e. The van der Waals surface area contributed by atoms with Crippen molar-refractivity contribution in [2.75, 3.05) is 6.61 Å². The highest BCUT2D eigenvalue weighted by molar-refractivity contribution is 7.16. The summed E-state index contributed by atoms with van der Waals surface area (Å²) in [5.74, 6) is -0.0138. The summed E-state index contributed by atoms with van der Waals surface area (Å²) < 4.78 is 58.7. The van der Waals surface area contributed by atoms with Crippen LogP contribution in [0.25, 0.3) is 21.6 Å². The van der Waals surface area contributed by atoms with E-state index in [0.717, 1.165) is 32.2 Å². The summed E-state index contributed by atoms with van der Waals surface area (Å²) in [5, 5.41) is 8.90. The Morgan fingerprint density at radius 1 is 0.975 bits per heavy atom. The van der Waals surface area contributed by atoms with Crippen LogP contribution in [0.4, 0.5) is 13.2 Å². The van der Waals surface area contributed by atoms with E-state index >= 15 is 0 Å². The van der Waals surface area contributed by atoms with Gasteiger partial charge in [-0.25, -0.2) is 9.78 Å². The van der Waals surface area contributed by atoms with E-state index in [4.69, 9.17) is 19.3 Å². The number of carbonyl (C=O) groups is 1. The molecule has 0 unspecified atom stereocenters. The van der Waals surface area contributed by atoms with E-state index < -0.39 is 24.8 Å². The molecule has 11 heteroatoms. The molecule has 0 bridgehead atoms. The number of ether oxygens (including phenoxy) is 4. The second kappa shape index (κ2) is 12.3. The number of aromatic nitrogens is 1. The van der Waals surface area contributed by atoms with Gasteiger partial charge in [0.05, 0.1) is 6.10 Å². The zero-order valence-electron chi connectivity index (χ0n) is 21.8. The summed E-state index contributed by atoms with van der Waals surface area (Å²) >= 11 is 1.47. The summed E-state index contributed by atoms with van der Waals surface area (Å²) in [6.07, 6.45) is -3.48. The average Bonchev–Trinajstić information content (AvgIpc) is 3.31. The van der Waals surface area contributed by atoms with E-state index in [9.17, 15) is 18.0 Å². The highest BCUT2D eigenvalue weighted by atomic mass is 32.1. The molecular formula is C29H26F3NO6S. The van der Waals surface area contributed by atoms with E-state index in [1.807, 2.05) is 44.2 Å². The fourth-order valence-electron chi connectivity index (χ4n) is 3.74. The minimum absolute atomic E-state index is 0.0206. The van der Waals surface area contributed by atoms with Crippen LogP contribution in [0.15, 0.2) is 66.9 Å². The lowest BCUT2D eigenvalue weighted by molar-refractivity contribution is -0.276. The number of aliphatic carboxylic acids is 1. The van der Waals surface area contributed by atoms with Crippen LogP contribution >= 0.6 is 11.3 Å². The Kier molecular flexibility index (Phi) is 8.83. The number of carboxylic acid groups (broad SMARTS) is 1. The van der Waals surface area contributed by atoms with Crippen molar-refractivity contribution in [3.8, 4) is 44.7 Å². The molecule has 0 atom stereocenters. The summed E-state index contributed by atoms with van der Waals surface area (Å²) in [5.41, 5.74) is 3.03. The molecule has 0 amide bonds. The number of halogens is 3. The Labute approximate surface area is 232 Å². The summed E-state index contributed by atoms with van der Waals surface area (Å²) in [6.45, 7) is 5.40. The van der Waals surface area contributed by atoms with Crippen molar-refractivity contribution in [3.63, 3.8) is 0 Å². The number of hydrogen-bond donors (Lipinski definition) is 1. The lowest BCUT2D eigenvalue weighted by Crippen LogP contribution is -2.17. The van der Waals surface area contributed by atoms with Gasteiger partial charge in [0.25, 0.3) is 0 Å². The normalized spacial score (nSPS) is 11.4. The van der Waals surface area contributed by atoms with E-state index in [0.29, 0.717) is 17.1 Å².